The predicted molar refractivity (Wildman–Crippen MR) is 103 cm³/mol. The van der Waals surface area contributed by atoms with Gasteiger partial charge in [-0.3, -0.25) is 4.79 Å². The number of carbonyl (C=O) groups is 1. The van der Waals surface area contributed by atoms with Crippen LogP contribution in [0.2, 0.25) is 5.02 Å². The van der Waals surface area contributed by atoms with Crippen LogP contribution in [0.25, 0.3) is 0 Å². The SMILES string of the molecule is O=C(Nc1cccc(Cl)c1)c1cc(S(=O)(=O)N2CCCCCC2)ccc1F. The van der Waals surface area contributed by atoms with Crippen molar-refractivity contribution in [3.05, 3.63) is 58.9 Å². The number of amides is 1. The Bertz CT molecular complexity index is 942. The minimum Gasteiger partial charge on any atom is -0.322 e. The van der Waals surface area contributed by atoms with E-state index >= 15 is 0 Å². The summed E-state index contributed by atoms with van der Waals surface area (Å²) in [5, 5.41) is 2.96. The Hall–Kier alpha value is -1.96. The number of sulfonamides is 1. The molecule has 5 nitrogen and oxygen atoms in total. The highest BCUT2D eigenvalue weighted by Crippen LogP contribution is 2.23. The maximum Gasteiger partial charge on any atom is 0.258 e. The average Bonchev–Trinajstić information content (AvgIpc) is 2.92. The maximum atomic E-state index is 14.2. The topological polar surface area (TPSA) is 66.5 Å². The van der Waals surface area contributed by atoms with E-state index in [4.69, 9.17) is 11.6 Å². The first-order valence-electron chi connectivity index (χ1n) is 8.74. The van der Waals surface area contributed by atoms with Crippen LogP contribution in [0.1, 0.15) is 36.0 Å². The van der Waals surface area contributed by atoms with Crippen molar-refractivity contribution in [2.45, 2.75) is 30.6 Å². The molecule has 2 aromatic carbocycles. The van der Waals surface area contributed by atoms with Gasteiger partial charge in [-0.15, -0.1) is 0 Å². The lowest BCUT2D eigenvalue weighted by atomic mass is 10.2. The van der Waals surface area contributed by atoms with Crippen molar-refractivity contribution in [3.63, 3.8) is 0 Å². The standard InChI is InChI=1S/C19H20ClFN2O3S/c20-14-6-5-7-15(12-14)22-19(24)17-13-16(8-9-18(17)21)27(25,26)23-10-3-1-2-4-11-23/h5-9,12-13H,1-4,10-11H2,(H,22,24). The average molecular weight is 411 g/mol. The molecule has 1 heterocycles. The largest absolute Gasteiger partial charge is 0.322 e. The van der Waals surface area contributed by atoms with Crippen LogP contribution in [-0.2, 0) is 10.0 Å². The molecule has 8 heteroatoms. The first-order valence-corrected chi connectivity index (χ1v) is 10.6. The van der Waals surface area contributed by atoms with Crippen molar-refractivity contribution in [1.29, 1.82) is 0 Å². The smallest absolute Gasteiger partial charge is 0.258 e. The van der Waals surface area contributed by atoms with Crippen LogP contribution >= 0.6 is 11.6 Å². The van der Waals surface area contributed by atoms with Gasteiger partial charge < -0.3 is 5.32 Å². The monoisotopic (exact) mass is 410 g/mol. The lowest BCUT2D eigenvalue weighted by Gasteiger charge is -2.20. The van der Waals surface area contributed by atoms with Crippen LogP contribution in [0.15, 0.2) is 47.4 Å². The zero-order chi connectivity index (χ0) is 19.4. The second-order valence-electron chi connectivity index (χ2n) is 6.42. The van der Waals surface area contributed by atoms with Crippen LogP contribution in [0, 0.1) is 5.82 Å². The van der Waals surface area contributed by atoms with Gasteiger partial charge in [-0.1, -0.05) is 30.5 Å². The summed E-state index contributed by atoms with van der Waals surface area (Å²) in [5.74, 6) is -1.52. The van der Waals surface area contributed by atoms with E-state index in [2.05, 4.69) is 5.32 Å². The van der Waals surface area contributed by atoms with Crippen molar-refractivity contribution in [2.24, 2.45) is 0 Å². The molecule has 1 aliphatic heterocycles. The molecule has 1 saturated heterocycles. The highest BCUT2D eigenvalue weighted by Gasteiger charge is 2.27. The molecule has 0 bridgehead atoms. The molecule has 3 rings (SSSR count). The van der Waals surface area contributed by atoms with E-state index in [-0.39, 0.29) is 10.5 Å². The number of rotatable bonds is 4. The molecule has 27 heavy (non-hydrogen) atoms. The number of anilines is 1. The number of nitrogens with one attached hydrogen (secondary N) is 1. The minimum absolute atomic E-state index is 0.0814. The molecule has 0 aromatic heterocycles. The third-order valence-corrected chi connectivity index (χ3v) is 6.60. The molecule has 2 aromatic rings. The van der Waals surface area contributed by atoms with Gasteiger partial charge in [-0.05, 0) is 49.2 Å². The Morgan fingerprint density at radius 1 is 1.04 bits per heavy atom. The molecule has 0 atom stereocenters. The lowest BCUT2D eigenvalue weighted by Crippen LogP contribution is -2.32. The molecule has 0 unspecified atom stereocenters. The van der Waals surface area contributed by atoms with E-state index in [0.717, 1.165) is 37.8 Å². The minimum atomic E-state index is -3.77. The highest BCUT2D eigenvalue weighted by atomic mass is 35.5. The van der Waals surface area contributed by atoms with E-state index in [1.165, 1.54) is 16.4 Å². The van der Waals surface area contributed by atoms with Gasteiger partial charge in [-0.2, -0.15) is 4.31 Å². The fourth-order valence-corrected chi connectivity index (χ4v) is 4.77. The van der Waals surface area contributed by atoms with Crippen LogP contribution in [0.5, 0.6) is 0 Å². The number of benzene rings is 2. The van der Waals surface area contributed by atoms with E-state index in [1.807, 2.05) is 0 Å². The van der Waals surface area contributed by atoms with Gasteiger partial charge in [0.1, 0.15) is 5.82 Å². The van der Waals surface area contributed by atoms with E-state index in [1.54, 1.807) is 18.2 Å². The number of nitrogens with zero attached hydrogens (tertiary/aromatic N) is 1. The van der Waals surface area contributed by atoms with E-state index < -0.39 is 21.7 Å². The summed E-state index contributed by atoms with van der Waals surface area (Å²) in [5.41, 5.74) is 0.0681. The summed E-state index contributed by atoms with van der Waals surface area (Å²) in [6.45, 7) is 0.869. The van der Waals surface area contributed by atoms with Crippen LogP contribution in [-0.4, -0.2) is 31.7 Å². The van der Waals surface area contributed by atoms with Gasteiger partial charge in [0.25, 0.3) is 5.91 Å². The molecule has 144 valence electrons. The van der Waals surface area contributed by atoms with Gasteiger partial charge in [0.15, 0.2) is 0 Å². The number of hydrogen-bond donors (Lipinski definition) is 1. The second kappa shape index (κ2) is 8.37. The number of halogens is 2. The fraction of sp³-hybridized carbons (Fsp3) is 0.316. The third-order valence-electron chi connectivity index (χ3n) is 4.47. The predicted octanol–water partition coefficient (Wildman–Crippen LogP) is 4.30. The van der Waals surface area contributed by atoms with Gasteiger partial charge in [-0.25, -0.2) is 12.8 Å². The van der Waals surface area contributed by atoms with Gasteiger partial charge in [0, 0.05) is 23.8 Å². The summed E-state index contributed by atoms with van der Waals surface area (Å²) in [6.07, 6.45) is 3.57. The molecule has 1 N–H and O–H groups in total. The summed E-state index contributed by atoms with van der Waals surface area (Å²) < 4.78 is 41.4. The van der Waals surface area contributed by atoms with Crippen molar-refractivity contribution >= 4 is 33.2 Å². The zero-order valence-corrected chi connectivity index (χ0v) is 16.2. The summed E-state index contributed by atoms with van der Waals surface area (Å²) in [7, 11) is -3.77. The molecular weight excluding hydrogens is 391 g/mol. The van der Waals surface area contributed by atoms with Gasteiger partial charge >= 0.3 is 0 Å². The Kier molecular flexibility index (Phi) is 6.14. The Labute approximate surface area is 163 Å². The molecule has 0 aliphatic carbocycles. The Morgan fingerprint density at radius 2 is 1.74 bits per heavy atom. The molecule has 0 saturated carbocycles. The lowest BCUT2D eigenvalue weighted by molar-refractivity contribution is 0.102. The second-order valence-corrected chi connectivity index (χ2v) is 8.80. The molecule has 1 amide bonds. The normalized spacial score (nSPS) is 15.9. The fourth-order valence-electron chi connectivity index (χ4n) is 3.03. The van der Waals surface area contributed by atoms with Crippen molar-refractivity contribution in [2.75, 3.05) is 18.4 Å². The van der Waals surface area contributed by atoms with Crippen molar-refractivity contribution < 1.29 is 17.6 Å². The van der Waals surface area contributed by atoms with Crippen molar-refractivity contribution in [3.8, 4) is 0 Å². The number of hydrogen-bond acceptors (Lipinski definition) is 3. The Morgan fingerprint density at radius 3 is 2.41 bits per heavy atom. The first-order chi connectivity index (χ1) is 12.9. The van der Waals surface area contributed by atoms with E-state index in [9.17, 15) is 17.6 Å². The summed E-state index contributed by atoms with van der Waals surface area (Å²) in [4.78, 5) is 12.4. The van der Waals surface area contributed by atoms with Crippen LogP contribution < -0.4 is 5.32 Å². The zero-order valence-electron chi connectivity index (χ0n) is 14.6. The molecule has 0 spiro atoms. The molecule has 1 aliphatic rings. The van der Waals surface area contributed by atoms with Crippen LogP contribution in [0.4, 0.5) is 10.1 Å². The summed E-state index contributed by atoms with van der Waals surface area (Å²) in [6, 6.07) is 9.73. The Balaban J connectivity index is 1.88. The molecule has 1 fully saturated rings. The third kappa shape index (κ3) is 4.66. The van der Waals surface area contributed by atoms with Gasteiger partial charge in [0.2, 0.25) is 10.0 Å². The highest BCUT2D eigenvalue weighted by molar-refractivity contribution is 7.89. The number of carbonyl (C=O) groups excluding carboxylic acids is 1. The van der Waals surface area contributed by atoms with Gasteiger partial charge in [0.05, 0.1) is 10.5 Å². The molecule has 0 radical (unpaired) electrons. The summed E-state index contributed by atoms with van der Waals surface area (Å²) >= 11 is 5.88. The first kappa shape index (κ1) is 19.8. The van der Waals surface area contributed by atoms with Crippen LogP contribution in [0.3, 0.4) is 0 Å². The molecular formula is C19H20ClFN2O3S. The maximum absolute atomic E-state index is 14.2. The quantitative estimate of drug-likeness (QED) is 0.817. The van der Waals surface area contributed by atoms with E-state index in [0.29, 0.717) is 23.8 Å². The van der Waals surface area contributed by atoms with Crippen molar-refractivity contribution in [1.82, 2.24) is 4.31 Å².